The molecule has 1 saturated carbocycles. The number of carbonyl (C=O) groups excluding carboxylic acids is 2. The molecule has 1 aliphatic carbocycles. The van der Waals surface area contributed by atoms with Gasteiger partial charge in [-0.3, -0.25) is 9.59 Å². The Morgan fingerprint density at radius 2 is 1.79 bits per heavy atom. The molecule has 5 nitrogen and oxygen atoms in total. The lowest BCUT2D eigenvalue weighted by Gasteiger charge is -2.22. The van der Waals surface area contributed by atoms with Crippen molar-refractivity contribution in [1.82, 2.24) is 4.90 Å². The predicted octanol–water partition coefficient (Wildman–Crippen LogP) is 4.34. The Hall–Kier alpha value is -1.88. The van der Waals surface area contributed by atoms with Crippen LogP contribution >= 0.6 is 0 Å². The number of hydrogen-bond acceptors (Lipinski definition) is 5. The second kappa shape index (κ2) is 12.0. The number of rotatable bonds is 11. The number of esters is 2. The minimum Gasteiger partial charge on any atom is -0.466 e. The minimum absolute atomic E-state index is 0.0253. The lowest BCUT2D eigenvalue weighted by Crippen LogP contribution is -2.29. The first-order valence-corrected chi connectivity index (χ1v) is 11.2. The number of carbonyl (C=O) groups is 2. The molecule has 2 rings (SSSR count). The van der Waals surface area contributed by atoms with Gasteiger partial charge in [0.25, 0.3) is 0 Å². The van der Waals surface area contributed by atoms with Crippen molar-refractivity contribution in [3.8, 4) is 0 Å². The molecule has 0 aromatic heterocycles. The number of ether oxygens (including phenoxy) is 2. The second-order valence-electron chi connectivity index (χ2n) is 7.92. The van der Waals surface area contributed by atoms with Crippen molar-refractivity contribution in [2.45, 2.75) is 71.8 Å². The number of benzene rings is 1. The molecule has 0 N–H and O–H groups in total. The Kier molecular flexibility index (Phi) is 9.65. The average molecular weight is 404 g/mol. The van der Waals surface area contributed by atoms with Crippen LogP contribution in [-0.2, 0) is 25.5 Å². The molecule has 1 aromatic rings. The van der Waals surface area contributed by atoms with Gasteiger partial charge in [-0.2, -0.15) is 0 Å². The van der Waals surface area contributed by atoms with Crippen molar-refractivity contribution < 1.29 is 19.1 Å². The molecule has 0 unspecified atom stereocenters. The summed E-state index contributed by atoms with van der Waals surface area (Å²) < 4.78 is 10.9. The lowest BCUT2D eigenvalue weighted by atomic mass is 9.93. The van der Waals surface area contributed by atoms with E-state index in [-0.39, 0.29) is 24.0 Å². The summed E-state index contributed by atoms with van der Waals surface area (Å²) in [6.45, 7) is 11.0. The topological polar surface area (TPSA) is 55.8 Å². The molecule has 1 aliphatic rings. The average Bonchev–Trinajstić information content (AvgIpc) is 3.15. The smallest absolute Gasteiger partial charge is 0.313 e. The third-order valence-corrected chi connectivity index (χ3v) is 6.02. The fraction of sp³-hybridized carbons (Fsp3) is 0.667. The Morgan fingerprint density at radius 3 is 2.41 bits per heavy atom. The predicted molar refractivity (Wildman–Crippen MR) is 115 cm³/mol. The third kappa shape index (κ3) is 7.14. The van der Waals surface area contributed by atoms with Gasteiger partial charge in [-0.25, -0.2) is 0 Å². The lowest BCUT2D eigenvalue weighted by molar-refractivity contribution is -0.151. The summed E-state index contributed by atoms with van der Waals surface area (Å²) in [5, 5.41) is 0. The molecule has 0 bridgehead atoms. The van der Waals surface area contributed by atoms with E-state index >= 15 is 0 Å². The van der Waals surface area contributed by atoms with E-state index in [4.69, 9.17) is 9.47 Å². The van der Waals surface area contributed by atoms with Crippen molar-refractivity contribution in [3.05, 3.63) is 35.4 Å². The monoisotopic (exact) mass is 403 g/mol. The summed E-state index contributed by atoms with van der Waals surface area (Å²) in [6.07, 6.45) is 4.55. The Bertz CT molecular complexity index is 639. The first-order chi connectivity index (χ1) is 14.0. The first kappa shape index (κ1) is 23.4. The Morgan fingerprint density at radius 1 is 1.10 bits per heavy atom. The van der Waals surface area contributed by atoms with Crippen LogP contribution < -0.4 is 0 Å². The van der Waals surface area contributed by atoms with Gasteiger partial charge in [0, 0.05) is 6.54 Å². The molecule has 0 saturated heterocycles. The summed E-state index contributed by atoms with van der Waals surface area (Å²) in [7, 11) is 0. The highest BCUT2D eigenvalue weighted by molar-refractivity contribution is 5.77. The van der Waals surface area contributed by atoms with Gasteiger partial charge in [0.15, 0.2) is 0 Å². The van der Waals surface area contributed by atoms with Crippen LogP contribution in [0.1, 0.15) is 70.4 Å². The van der Waals surface area contributed by atoms with E-state index in [9.17, 15) is 9.59 Å². The maximum Gasteiger partial charge on any atom is 0.313 e. The van der Waals surface area contributed by atoms with Crippen LogP contribution in [0.5, 0.6) is 0 Å². The van der Waals surface area contributed by atoms with Crippen molar-refractivity contribution in [2.24, 2.45) is 5.92 Å². The molecule has 29 heavy (non-hydrogen) atoms. The highest BCUT2D eigenvalue weighted by atomic mass is 16.5. The maximum absolute atomic E-state index is 12.3. The molecule has 1 aromatic carbocycles. The van der Waals surface area contributed by atoms with E-state index in [0.29, 0.717) is 18.9 Å². The summed E-state index contributed by atoms with van der Waals surface area (Å²) in [5.41, 5.74) is 2.19. The van der Waals surface area contributed by atoms with Crippen molar-refractivity contribution in [1.29, 1.82) is 0 Å². The van der Waals surface area contributed by atoms with Crippen LogP contribution in [0.4, 0.5) is 0 Å². The molecule has 3 atom stereocenters. The van der Waals surface area contributed by atoms with Crippen molar-refractivity contribution >= 4 is 11.9 Å². The van der Waals surface area contributed by atoms with E-state index < -0.39 is 0 Å². The molecule has 0 spiro atoms. The van der Waals surface area contributed by atoms with Gasteiger partial charge in [0.2, 0.25) is 0 Å². The molecular formula is C24H37NO4. The highest BCUT2D eigenvalue weighted by Crippen LogP contribution is 2.32. The van der Waals surface area contributed by atoms with Crippen LogP contribution in [0.2, 0.25) is 0 Å². The SMILES string of the molecule is CCOC(=O)[C@@H](C)c1ccc(C[C@H]2CCC[C@@H]2OC(=O)CCN(CC)CC)cc1. The van der Waals surface area contributed by atoms with Gasteiger partial charge >= 0.3 is 11.9 Å². The standard InChI is InChI=1S/C24H37NO4/c1-5-25(6-2)16-15-23(26)29-22-10-8-9-21(22)17-19-11-13-20(14-12-19)18(4)24(27)28-7-3/h11-14,18,21-22H,5-10,15-17H2,1-4H3/t18-,21+,22-/m0/s1. The van der Waals surface area contributed by atoms with Crippen molar-refractivity contribution in [3.63, 3.8) is 0 Å². The Labute approximate surface area is 175 Å². The molecular weight excluding hydrogens is 366 g/mol. The molecule has 1 fully saturated rings. The highest BCUT2D eigenvalue weighted by Gasteiger charge is 2.30. The molecule has 5 heteroatoms. The van der Waals surface area contributed by atoms with E-state index in [2.05, 4.69) is 30.9 Å². The summed E-state index contributed by atoms with van der Waals surface area (Å²) in [5.74, 6) is -0.143. The molecule has 0 radical (unpaired) electrons. The van der Waals surface area contributed by atoms with E-state index in [1.165, 1.54) is 5.56 Å². The Balaban J connectivity index is 1.87. The zero-order valence-electron chi connectivity index (χ0n) is 18.5. The van der Waals surface area contributed by atoms with Gasteiger partial charge in [0.1, 0.15) is 6.10 Å². The van der Waals surface area contributed by atoms with Crippen LogP contribution in [0.15, 0.2) is 24.3 Å². The van der Waals surface area contributed by atoms with Gasteiger partial charge in [-0.1, -0.05) is 38.1 Å². The normalized spacial score (nSPS) is 19.9. The quantitative estimate of drug-likeness (QED) is 0.515. The summed E-state index contributed by atoms with van der Waals surface area (Å²) in [6, 6.07) is 8.19. The van der Waals surface area contributed by atoms with Crippen LogP contribution in [0, 0.1) is 5.92 Å². The van der Waals surface area contributed by atoms with Crippen LogP contribution in [0.25, 0.3) is 0 Å². The molecule has 0 aliphatic heterocycles. The van der Waals surface area contributed by atoms with E-state index in [1.54, 1.807) is 0 Å². The maximum atomic E-state index is 12.3. The third-order valence-electron chi connectivity index (χ3n) is 6.02. The van der Waals surface area contributed by atoms with Crippen LogP contribution in [-0.4, -0.2) is 49.2 Å². The zero-order chi connectivity index (χ0) is 21.2. The summed E-state index contributed by atoms with van der Waals surface area (Å²) in [4.78, 5) is 26.4. The van der Waals surface area contributed by atoms with Crippen molar-refractivity contribution in [2.75, 3.05) is 26.2 Å². The van der Waals surface area contributed by atoms with Gasteiger partial charge < -0.3 is 14.4 Å². The van der Waals surface area contributed by atoms with E-state index in [1.807, 2.05) is 26.0 Å². The van der Waals surface area contributed by atoms with Gasteiger partial charge in [-0.05, 0) is 69.7 Å². The van der Waals surface area contributed by atoms with Gasteiger partial charge in [-0.15, -0.1) is 0 Å². The fourth-order valence-electron chi connectivity index (χ4n) is 4.06. The van der Waals surface area contributed by atoms with Gasteiger partial charge in [0.05, 0.1) is 18.9 Å². The number of nitrogens with zero attached hydrogens (tertiary/aromatic N) is 1. The largest absolute Gasteiger partial charge is 0.466 e. The second-order valence-corrected chi connectivity index (χ2v) is 7.92. The molecule has 162 valence electrons. The van der Waals surface area contributed by atoms with E-state index in [0.717, 1.165) is 50.9 Å². The summed E-state index contributed by atoms with van der Waals surface area (Å²) >= 11 is 0. The van der Waals surface area contributed by atoms with Crippen LogP contribution in [0.3, 0.4) is 0 Å². The molecule has 0 amide bonds. The minimum atomic E-state index is -0.255. The number of hydrogen-bond donors (Lipinski definition) is 0. The molecule has 0 heterocycles. The first-order valence-electron chi connectivity index (χ1n) is 11.2. The zero-order valence-corrected chi connectivity index (χ0v) is 18.5. The fourth-order valence-corrected chi connectivity index (χ4v) is 4.06.